The lowest BCUT2D eigenvalue weighted by Crippen LogP contribution is -2.24. The fraction of sp³-hybridized carbons (Fsp3) is 0.273. The lowest BCUT2D eigenvalue weighted by molar-refractivity contribution is -0.112. The number of hydrogen-bond acceptors (Lipinski definition) is 4. The first kappa shape index (κ1) is 9.71. The van der Waals surface area contributed by atoms with Crippen LogP contribution >= 0.6 is 0 Å². The van der Waals surface area contributed by atoms with Gasteiger partial charge >= 0.3 is 0 Å². The number of carbonyl (C=O) groups excluding carboxylic acids is 1. The fourth-order valence-corrected chi connectivity index (χ4v) is 1.52. The average molecular weight is 203 g/mol. The number of amidine groups is 1. The topological polar surface area (TPSA) is 58.7 Å². The van der Waals surface area contributed by atoms with Gasteiger partial charge in [0, 0.05) is 6.54 Å². The van der Waals surface area contributed by atoms with Crippen LogP contribution in [0.2, 0.25) is 0 Å². The van der Waals surface area contributed by atoms with E-state index < -0.39 is 0 Å². The van der Waals surface area contributed by atoms with E-state index in [0.717, 1.165) is 13.0 Å². The Kier molecular flexibility index (Phi) is 2.67. The molecule has 0 saturated heterocycles. The van der Waals surface area contributed by atoms with Gasteiger partial charge in [0.25, 0.3) is 0 Å². The molecule has 15 heavy (non-hydrogen) atoms. The first-order valence-electron chi connectivity index (χ1n) is 4.92. The van der Waals surface area contributed by atoms with Gasteiger partial charge in [0.05, 0.1) is 0 Å². The number of Topliss-reactive ketones (excluding diaryl/α,β-unsaturated/α-hetero) is 1. The SMILES string of the molecule is NC1=NN(CCc2ccccc2)CC1=O. The summed E-state index contributed by atoms with van der Waals surface area (Å²) in [6.07, 6.45) is 0.880. The molecule has 4 heteroatoms. The molecular formula is C11H13N3O. The Labute approximate surface area is 88.4 Å². The van der Waals surface area contributed by atoms with Gasteiger partial charge in [-0.1, -0.05) is 30.3 Å². The summed E-state index contributed by atoms with van der Waals surface area (Å²) in [5, 5.41) is 5.68. The summed E-state index contributed by atoms with van der Waals surface area (Å²) in [5.41, 5.74) is 6.64. The van der Waals surface area contributed by atoms with Crippen LogP contribution in [0.4, 0.5) is 0 Å². The van der Waals surface area contributed by atoms with Crippen molar-refractivity contribution in [2.24, 2.45) is 10.8 Å². The van der Waals surface area contributed by atoms with Crippen LogP contribution < -0.4 is 5.73 Å². The zero-order valence-corrected chi connectivity index (χ0v) is 8.39. The standard InChI is InChI=1S/C11H13N3O/c12-11-10(15)8-14(13-11)7-6-9-4-2-1-3-5-9/h1-5H,6-8H2,(H2,12,13). The van der Waals surface area contributed by atoms with Crippen molar-refractivity contribution < 1.29 is 4.79 Å². The normalized spacial score (nSPS) is 15.6. The van der Waals surface area contributed by atoms with Crippen LogP contribution in [0.1, 0.15) is 5.56 Å². The summed E-state index contributed by atoms with van der Waals surface area (Å²) in [6.45, 7) is 1.05. The van der Waals surface area contributed by atoms with Crippen molar-refractivity contribution in [2.75, 3.05) is 13.1 Å². The Balaban J connectivity index is 1.88. The Morgan fingerprint density at radius 1 is 1.33 bits per heavy atom. The number of rotatable bonds is 3. The van der Waals surface area contributed by atoms with E-state index in [2.05, 4.69) is 17.2 Å². The second-order valence-corrected chi connectivity index (χ2v) is 3.53. The van der Waals surface area contributed by atoms with Crippen molar-refractivity contribution in [3.05, 3.63) is 35.9 Å². The predicted molar refractivity (Wildman–Crippen MR) is 58.3 cm³/mol. The van der Waals surface area contributed by atoms with E-state index in [0.29, 0.717) is 6.54 Å². The van der Waals surface area contributed by atoms with Crippen molar-refractivity contribution in [3.8, 4) is 0 Å². The fourth-order valence-electron chi connectivity index (χ4n) is 1.52. The molecule has 4 nitrogen and oxygen atoms in total. The number of hydrazone groups is 1. The molecule has 0 amide bonds. The molecule has 1 aromatic rings. The first-order valence-corrected chi connectivity index (χ1v) is 4.92. The van der Waals surface area contributed by atoms with Crippen molar-refractivity contribution in [2.45, 2.75) is 6.42 Å². The molecule has 0 atom stereocenters. The summed E-state index contributed by atoms with van der Waals surface area (Å²) in [5.74, 6) is 0.0473. The third-order valence-corrected chi connectivity index (χ3v) is 2.36. The Morgan fingerprint density at radius 2 is 2.07 bits per heavy atom. The molecule has 1 heterocycles. The Bertz CT molecular complexity index is 386. The molecule has 2 N–H and O–H groups in total. The number of nitrogens with zero attached hydrogens (tertiary/aromatic N) is 2. The van der Waals surface area contributed by atoms with Crippen LogP contribution in [0.25, 0.3) is 0 Å². The highest BCUT2D eigenvalue weighted by atomic mass is 16.1. The highest BCUT2D eigenvalue weighted by molar-refractivity contribution is 6.40. The van der Waals surface area contributed by atoms with E-state index >= 15 is 0 Å². The van der Waals surface area contributed by atoms with Crippen molar-refractivity contribution in [1.29, 1.82) is 0 Å². The molecule has 1 aliphatic rings. The van der Waals surface area contributed by atoms with Gasteiger partial charge in [-0.15, -0.1) is 0 Å². The van der Waals surface area contributed by atoms with Crippen LogP contribution in [-0.2, 0) is 11.2 Å². The van der Waals surface area contributed by atoms with Crippen LogP contribution in [0.5, 0.6) is 0 Å². The average Bonchev–Trinajstić information content (AvgIpc) is 2.57. The molecule has 0 aliphatic carbocycles. The van der Waals surface area contributed by atoms with Crippen molar-refractivity contribution in [1.82, 2.24) is 5.01 Å². The number of benzene rings is 1. The number of ketones is 1. The molecule has 0 fully saturated rings. The molecule has 0 radical (unpaired) electrons. The number of nitrogens with two attached hydrogens (primary N) is 1. The van der Waals surface area contributed by atoms with Crippen LogP contribution in [0.15, 0.2) is 35.4 Å². The quantitative estimate of drug-likeness (QED) is 0.773. The summed E-state index contributed by atoms with van der Waals surface area (Å²) in [6, 6.07) is 10.1. The Morgan fingerprint density at radius 3 is 2.67 bits per heavy atom. The van der Waals surface area contributed by atoms with E-state index in [-0.39, 0.29) is 11.6 Å². The van der Waals surface area contributed by atoms with Gasteiger partial charge in [0.15, 0.2) is 5.84 Å². The molecule has 0 unspecified atom stereocenters. The van der Waals surface area contributed by atoms with E-state index in [1.807, 2.05) is 18.2 Å². The van der Waals surface area contributed by atoms with Crippen LogP contribution in [-0.4, -0.2) is 29.7 Å². The maximum Gasteiger partial charge on any atom is 0.220 e. The predicted octanol–water partition coefficient (Wildman–Crippen LogP) is 0.386. The van der Waals surface area contributed by atoms with E-state index in [1.54, 1.807) is 5.01 Å². The molecule has 2 rings (SSSR count). The lowest BCUT2D eigenvalue weighted by atomic mass is 10.1. The second-order valence-electron chi connectivity index (χ2n) is 3.53. The summed E-state index contributed by atoms with van der Waals surface area (Å²) >= 11 is 0. The van der Waals surface area contributed by atoms with Crippen molar-refractivity contribution >= 4 is 11.6 Å². The van der Waals surface area contributed by atoms with Gasteiger partial charge in [0.2, 0.25) is 5.78 Å². The monoisotopic (exact) mass is 203 g/mol. The highest BCUT2D eigenvalue weighted by Crippen LogP contribution is 2.04. The summed E-state index contributed by atoms with van der Waals surface area (Å²) in [4.78, 5) is 11.1. The number of carbonyl (C=O) groups is 1. The smallest absolute Gasteiger partial charge is 0.220 e. The summed E-state index contributed by atoms with van der Waals surface area (Å²) in [7, 11) is 0. The zero-order valence-electron chi connectivity index (χ0n) is 8.39. The molecule has 1 aromatic carbocycles. The maximum absolute atomic E-state index is 11.1. The minimum absolute atomic E-state index is 0.0805. The second kappa shape index (κ2) is 4.13. The minimum Gasteiger partial charge on any atom is -0.379 e. The lowest BCUT2D eigenvalue weighted by Gasteiger charge is -2.11. The van der Waals surface area contributed by atoms with Gasteiger partial charge in [0.1, 0.15) is 6.54 Å². The molecule has 0 spiro atoms. The highest BCUT2D eigenvalue weighted by Gasteiger charge is 2.20. The van der Waals surface area contributed by atoms with E-state index in [1.165, 1.54) is 5.56 Å². The molecular weight excluding hydrogens is 190 g/mol. The zero-order chi connectivity index (χ0) is 10.7. The van der Waals surface area contributed by atoms with E-state index in [9.17, 15) is 4.79 Å². The molecule has 0 saturated carbocycles. The van der Waals surface area contributed by atoms with Gasteiger partial charge in [-0.2, -0.15) is 5.10 Å². The van der Waals surface area contributed by atoms with E-state index in [4.69, 9.17) is 5.73 Å². The van der Waals surface area contributed by atoms with Gasteiger partial charge in [-0.3, -0.25) is 9.80 Å². The largest absolute Gasteiger partial charge is 0.379 e. The Hall–Kier alpha value is -1.84. The minimum atomic E-state index is -0.0805. The maximum atomic E-state index is 11.1. The third kappa shape index (κ3) is 2.34. The van der Waals surface area contributed by atoms with Gasteiger partial charge in [-0.05, 0) is 12.0 Å². The van der Waals surface area contributed by atoms with Crippen LogP contribution in [0.3, 0.4) is 0 Å². The van der Waals surface area contributed by atoms with Gasteiger partial charge < -0.3 is 5.73 Å². The van der Waals surface area contributed by atoms with Crippen LogP contribution in [0, 0.1) is 0 Å². The third-order valence-electron chi connectivity index (χ3n) is 2.36. The molecule has 78 valence electrons. The number of hydrogen-bond donors (Lipinski definition) is 1. The van der Waals surface area contributed by atoms with Crippen molar-refractivity contribution in [3.63, 3.8) is 0 Å². The molecule has 0 aromatic heterocycles. The van der Waals surface area contributed by atoms with Gasteiger partial charge in [-0.25, -0.2) is 0 Å². The molecule has 0 bridgehead atoms. The first-order chi connectivity index (χ1) is 7.25. The summed E-state index contributed by atoms with van der Waals surface area (Å²) < 4.78 is 0. The molecule has 1 aliphatic heterocycles.